The maximum atomic E-state index is 13.0. The molecule has 0 bridgehead atoms. The Morgan fingerprint density at radius 1 is 1.09 bits per heavy atom. The van der Waals surface area contributed by atoms with Gasteiger partial charge in [0.1, 0.15) is 10.6 Å². The van der Waals surface area contributed by atoms with Gasteiger partial charge in [-0.3, -0.25) is 9.69 Å². The second-order valence-electron chi connectivity index (χ2n) is 9.73. The first-order chi connectivity index (χ1) is 16.3. The monoisotopic (exact) mass is 488 g/mol. The van der Waals surface area contributed by atoms with Crippen molar-refractivity contribution in [1.29, 1.82) is 0 Å². The minimum atomic E-state index is -3.63. The molecular weight excluding hydrogens is 452 g/mol. The molecule has 2 aliphatic heterocycles. The maximum absolute atomic E-state index is 13.0. The number of carbonyl (C=O) groups is 1. The third-order valence-corrected chi connectivity index (χ3v) is 9.51. The molecule has 186 valence electrons. The average Bonchev–Trinajstić information content (AvgIpc) is 3.19. The standard InChI is InChI=1S/C25H36N4O4S/c1-18(22-9-15-29(16-10-22)34(31,32)24-19(2)27-33-20(24)3)25(30)26-23-11-13-28(14-12-23)17-21-7-5-4-6-8-21/h4-8,18,22-23H,9-17H2,1-3H3,(H,26,30)/t18-/m1/s1. The van der Waals surface area contributed by atoms with Crippen LogP contribution in [0, 0.1) is 25.7 Å². The van der Waals surface area contributed by atoms with Crippen LogP contribution in [0.15, 0.2) is 39.8 Å². The van der Waals surface area contributed by atoms with Crippen molar-refractivity contribution in [3.8, 4) is 0 Å². The van der Waals surface area contributed by atoms with Crippen LogP contribution in [-0.2, 0) is 21.4 Å². The molecule has 1 atom stereocenters. The lowest BCUT2D eigenvalue weighted by atomic mass is 9.85. The van der Waals surface area contributed by atoms with Gasteiger partial charge in [0.2, 0.25) is 15.9 Å². The summed E-state index contributed by atoms with van der Waals surface area (Å²) in [5.41, 5.74) is 1.71. The molecule has 0 spiro atoms. The first-order valence-corrected chi connectivity index (χ1v) is 13.7. The average molecular weight is 489 g/mol. The van der Waals surface area contributed by atoms with E-state index in [4.69, 9.17) is 4.52 Å². The molecular formula is C25H36N4O4S. The highest BCUT2D eigenvalue weighted by atomic mass is 32.2. The summed E-state index contributed by atoms with van der Waals surface area (Å²) in [6.45, 7) is 8.97. The molecule has 2 fully saturated rings. The van der Waals surface area contributed by atoms with Crippen molar-refractivity contribution in [1.82, 2.24) is 19.7 Å². The molecule has 3 heterocycles. The van der Waals surface area contributed by atoms with Gasteiger partial charge in [-0.1, -0.05) is 42.4 Å². The van der Waals surface area contributed by atoms with Crippen LogP contribution in [0.5, 0.6) is 0 Å². The summed E-state index contributed by atoms with van der Waals surface area (Å²) in [4.78, 5) is 15.6. The number of sulfonamides is 1. The fourth-order valence-corrected chi connectivity index (χ4v) is 6.97. The number of carbonyl (C=O) groups excluding carboxylic acids is 1. The number of nitrogens with one attached hydrogen (secondary N) is 1. The third kappa shape index (κ3) is 5.53. The molecule has 34 heavy (non-hydrogen) atoms. The largest absolute Gasteiger partial charge is 0.360 e. The zero-order valence-electron chi connectivity index (χ0n) is 20.4. The Hall–Kier alpha value is -2.23. The van der Waals surface area contributed by atoms with E-state index in [9.17, 15) is 13.2 Å². The van der Waals surface area contributed by atoms with Gasteiger partial charge in [-0.05, 0) is 51.0 Å². The molecule has 0 aliphatic carbocycles. The number of rotatable bonds is 7. The molecule has 0 unspecified atom stereocenters. The van der Waals surface area contributed by atoms with E-state index in [0.717, 1.165) is 32.5 Å². The molecule has 8 nitrogen and oxygen atoms in total. The minimum absolute atomic E-state index is 0.0912. The van der Waals surface area contributed by atoms with Gasteiger partial charge in [-0.25, -0.2) is 8.42 Å². The molecule has 2 aromatic rings. The van der Waals surface area contributed by atoms with Gasteiger partial charge >= 0.3 is 0 Å². The molecule has 0 radical (unpaired) electrons. The van der Waals surface area contributed by atoms with E-state index >= 15 is 0 Å². The number of aromatic nitrogens is 1. The summed E-state index contributed by atoms with van der Waals surface area (Å²) in [7, 11) is -3.63. The Kier molecular flexibility index (Phi) is 7.74. The lowest BCUT2D eigenvalue weighted by Crippen LogP contribution is -2.48. The van der Waals surface area contributed by atoms with Crippen LogP contribution in [-0.4, -0.2) is 60.9 Å². The lowest BCUT2D eigenvalue weighted by molar-refractivity contribution is -0.127. The van der Waals surface area contributed by atoms with Crippen molar-refractivity contribution >= 4 is 15.9 Å². The van der Waals surface area contributed by atoms with Crippen molar-refractivity contribution in [2.24, 2.45) is 11.8 Å². The van der Waals surface area contributed by atoms with Gasteiger partial charge in [0.15, 0.2) is 5.76 Å². The normalized spacial score (nSPS) is 20.3. The van der Waals surface area contributed by atoms with Crippen LogP contribution in [0.1, 0.15) is 49.6 Å². The van der Waals surface area contributed by atoms with E-state index in [0.29, 0.717) is 37.4 Å². The molecule has 2 saturated heterocycles. The third-order valence-electron chi connectivity index (χ3n) is 7.37. The van der Waals surface area contributed by atoms with Gasteiger partial charge < -0.3 is 9.84 Å². The molecule has 4 rings (SSSR count). The van der Waals surface area contributed by atoms with E-state index in [1.165, 1.54) is 9.87 Å². The number of aryl methyl sites for hydroxylation is 2. The highest BCUT2D eigenvalue weighted by Gasteiger charge is 2.36. The number of likely N-dealkylation sites (tertiary alicyclic amines) is 1. The van der Waals surface area contributed by atoms with Crippen molar-refractivity contribution < 1.29 is 17.7 Å². The van der Waals surface area contributed by atoms with Crippen LogP contribution in [0.2, 0.25) is 0 Å². The lowest BCUT2D eigenvalue weighted by Gasteiger charge is -2.35. The Balaban J connectivity index is 1.24. The quantitative estimate of drug-likeness (QED) is 0.643. The van der Waals surface area contributed by atoms with Gasteiger partial charge in [-0.2, -0.15) is 4.31 Å². The predicted molar refractivity (Wildman–Crippen MR) is 130 cm³/mol. The number of amides is 1. The van der Waals surface area contributed by atoms with Gasteiger partial charge in [0.05, 0.1) is 0 Å². The number of hydrogen-bond acceptors (Lipinski definition) is 6. The number of hydrogen-bond donors (Lipinski definition) is 1. The van der Waals surface area contributed by atoms with Crippen molar-refractivity contribution in [2.45, 2.75) is 63.9 Å². The summed E-state index contributed by atoms with van der Waals surface area (Å²) in [6, 6.07) is 10.7. The van der Waals surface area contributed by atoms with Gasteiger partial charge in [0, 0.05) is 44.7 Å². The summed E-state index contributed by atoms with van der Waals surface area (Å²) in [6.07, 6.45) is 3.26. The van der Waals surface area contributed by atoms with E-state index < -0.39 is 10.0 Å². The zero-order valence-corrected chi connectivity index (χ0v) is 21.2. The smallest absolute Gasteiger partial charge is 0.248 e. The molecule has 2 aliphatic rings. The first kappa shape index (κ1) is 24.9. The second-order valence-corrected chi connectivity index (χ2v) is 11.6. The number of benzene rings is 1. The second kappa shape index (κ2) is 10.6. The molecule has 1 amide bonds. The van der Waals surface area contributed by atoms with E-state index in [1.807, 2.05) is 13.0 Å². The fourth-order valence-electron chi connectivity index (χ4n) is 5.21. The van der Waals surface area contributed by atoms with Gasteiger partial charge in [-0.15, -0.1) is 0 Å². The van der Waals surface area contributed by atoms with Crippen molar-refractivity contribution in [3.05, 3.63) is 47.3 Å². The topological polar surface area (TPSA) is 95.8 Å². The number of nitrogens with zero attached hydrogens (tertiary/aromatic N) is 3. The van der Waals surface area contributed by atoms with Crippen LogP contribution < -0.4 is 5.32 Å². The molecule has 0 saturated carbocycles. The van der Waals surface area contributed by atoms with Crippen LogP contribution >= 0.6 is 0 Å². The van der Waals surface area contributed by atoms with Crippen LogP contribution in [0.4, 0.5) is 0 Å². The zero-order chi connectivity index (χ0) is 24.3. The predicted octanol–water partition coefficient (Wildman–Crippen LogP) is 3.11. The van der Waals surface area contributed by atoms with E-state index in [2.05, 4.69) is 39.6 Å². The molecule has 9 heteroatoms. The summed E-state index contributed by atoms with van der Waals surface area (Å²) in [5, 5.41) is 7.05. The highest BCUT2D eigenvalue weighted by molar-refractivity contribution is 7.89. The van der Waals surface area contributed by atoms with Crippen LogP contribution in [0.3, 0.4) is 0 Å². The van der Waals surface area contributed by atoms with Crippen LogP contribution in [0.25, 0.3) is 0 Å². The number of piperidine rings is 2. The maximum Gasteiger partial charge on any atom is 0.248 e. The molecule has 1 aromatic carbocycles. The van der Waals surface area contributed by atoms with Gasteiger partial charge in [0.25, 0.3) is 0 Å². The summed E-state index contributed by atoms with van der Waals surface area (Å²) < 4.78 is 32.7. The Morgan fingerprint density at radius 2 is 1.74 bits per heavy atom. The fraction of sp³-hybridized carbons (Fsp3) is 0.600. The molecule has 1 N–H and O–H groups in total. The molecule has 1 aromatic heterocycles. The highest BCUT2D eigenvalue weighted by Crippen LogP contribution is 2.31. The Labute approximate surface area is 202 Å². The SMILES string of the molecule is Cc1noc(C)c1S(=O)(=O)N1CCC([C@@H](C)C(=O)NC2CCN(Cc3ccccc3)CC2)CC1. The Morgan fingerprint density at radius 3 is 2.32 bits per heavy atom. The first-order valence-electron chi connectivity index (χ1n) is 12.3. The van der Waals surface area contributed by atoms with Crippen molar-refractivity contribution in [2.75, 3.05) is 26.2 Å². The minimum Gasteiger partial charge on any atom is -0.360 e. The Bertz CT molecular complexity index is 1050. The van der Waals surface area contributed by atoms with E-state index in [1.54, 1.807) is 13.8 Å². The summed E-state index contributed by atoms with van der Waals surface area (Å²) in [5.74, 6) is 0.455. The summed E-state index contributed by atoms with van der Waals surface area (Å²) >= 11 is 0. The van der Waals surface area contributed by atoms with E-state index in [-0.39, 0.29) is 28.7 Å². The van der Waals surface area contributed by atoms with Crippen molar-refractivity contribution in [3.63, 3.8) is 0 Å².